The normalized spacial score (nSPS) is 11.0. The van der Waals surface area contributed by atoms with Crippen LogP contribution in [0.15, 0.2) is 60.9 Å². The summed E-state index contributed by atoms with van der Waals surface area (Å²) in [5.41, 5.74) is 12.2. The minimum atomic E-state index is 0.503. The number of aryl methyl sites for hydroxylation is 1. The number of nitrogens with zero attached hydrogens (tertiary/aromatic N) is 5. The molecule has 0 radical (unpaired) electrons. The number of hydrogen-bond donors (Lipinski definition) is 2. The maximum Gasteiger partial charge on any atom is 0.144 e. The Labute approximate surface area is 203 Å². The van der Waals surface area contributed by atoms with Gasteiger partial charge >= 0.3 is 0 Å². The fourth-order valence-electron chi connectivity index (χ4n) is 4.23. The molecule has 0 spiro atoms. The lowest BCUT2D eigenvalue weighted by Crippen LogP contribution is -2.04. The Hall–Kier alpha value is -4.64. The van der Waals surface area contributed by atoms with Crippen molar-refractivity contribution < 1.29 is 4.74 Å². The predicted octanol–water partition coefficient (Wildman–Crippen LogP) is 5.19. The summed E-state index contributed by atoms with van der Waals surface area (Å²) in [5, 5.41) is 19.7. The second kappa shape index (κ2) is 9.31. The molecule has 0 atom stereocenters. The molecule has 174 valence electrons. The van der Waals surface area contributed by atoms with Crippen LogP contribution in [0.1, 0.15) is 30.8 Å². The molecule has 0 fully saturated rings. The second-order valence-corrected chi connectivity index (χ2v) is 8.14. The first-order valence-corrected chi connectivity index (χ1v) is 11.5. The number of aromatic nitrogens is 4. The molecule has 5 aromatic rings. The van der Waals surface area contributed by atoms with Crippen molar-refractivity contribution in [3.63, 3.8) is 0 Å². The molecule has 3 heterocycles. The average molecular weight is 464 g/mol. The van der Waals surface area contributed by atoms with E-state index in [1.807, 2.05) is 73.3 Å². The fourth-order valence-corrected chi connectivity index (χ4v) is 4.23. The number of pyridine rings is 2. The molecule has 3 N–H and O–H groups in total. The number of rotatable bonds is 7. The van der Waals surface area contributed by atoms with Gasteiger partial charge in [-0.1, -0.05) is 13.0 Å². The number of nitriles is 1. The van der Waals surface area contributed by atoms with Gasteiger partial charge in [-0.3, -0.25) is 14.6 Å². The highest BCUT2D eigenvalue weighted by molar-refractivity contribution is 6.00. The number of ether oxygens (including phenoxy) is 1. The monoisotopic (exact) mass is 463 g/mol. The molecule has 35 heavy (non-hydrogen) atoms. The van der Waals surface area contributed by atoms with Gasteiger partial charge in [0.1, 0.15) is 11.8 Å². The van der Waals surface area contributed by atoms with Crippen LogP contribution in [0.4, 0.5) is 17.1 Å². The third-order valence-corrected chi connectivity index (χ3v) is 5.89. The van der Waals surface area contributed by atoms with Crippen molar-refractivity contribution >= 4 is 38.9 Å². The second-order valence-electron chi connectivity index (χ2n) is 8.14. The molecule has 2 aromatic carbocycles. The zero-order valence-electron chi connectivity index (χ0n) is 19.6. The third kappa shape index (κ3) is 4.20. The molecular weight excluding hydrogens is 438 g/mol. The van der Waals surface area contributed by atoms with Crippen molar-refractivity contribution in [1.82, 2.24) is 19.7 Å². The summed E-state index contributed by atoms with van der Waals surface area (Å²) >= 11 is 0. The van der Waals surface area contributed by atoms with E-state index >= 15 is 0 Å². The zero-order chi connectivity index (χ0) is 24.4. The van der Waals surface area contributed by atoms with Crippen molar-refractivity contribution in [1.29, 1.82) is 5.26 Å². The van der Waals surface area contributed by atoms with Crippen LogP contribution in [0.25, 0.3) is 21.8 Å². The van der Waals surface area contributed by atoms with Crippen LogP contribution in [0.5, 0.6) is 5.75 Å². The lowest BCUT2D eigenvalue weighted by molar-refractivity contribution is 0.342. The van der Waals surface area contributed by atoms with Crippen LogP contribution in [0.2, 0.25) is 0 Å². The van der Waals surface area contributed by atoms with Crippen LogP contribution in [-0.4, -0.2) is 26.4 Å². The number of fused-ring (bicyclic) bond motifs is 2. The zero-order valence-corrected chi connectivity index (χ0v) is 19.6. The van der Waals surface area contributed by atoms with Gasteiger partial charge in [-0.05, 0) is 49.7 Å². The van der Waals surface area contributed by atoms with Gasteiger partial charge in [0.15, 0.2) is 0 Å². The quantitative estimate of drug-likeness (QED) is 0.319. The van der Waals surface area contributed by atoms with Crippen LogP contribution in [0.3, 0.4) is 0 Å². The highest BCUT2D eigenvalue weighted by Crippen LogP contribution is 2.36. The Balaban J connectivity index is 1.57. The lowest BCUT2D eigenvalue weighted by Gasteiger charge is -2.16. The summed E-state index contributed by atoms with van der Waals surface area (Å²) < 4.78 is 7.59. The standard InChI is InChI=1S/C27H25N7O/c1-3-23-21(14-28)27(20-12-22(29)26(35-4-2)13-24(20)33-23)32-18-8-9-25-17(11-18)15-31-34(25)16-19-7-5-6-10-30-19/h5-13,15H,3-4,16,29H2,1-2H3,(H,32,33). The van der Waals surface area contributed by atoms with Crippen molar-refractivity contribution in [3.05, 3.63) is 77.9 Å². The summed E-state index contributed by atoms with van der Waals surface area (Å²) in [6, 6.07) is 17.9. The van der Waals surface area contributed by atoms with Gasteiger partial charge in [0.25, 0.3) is 0 Å². The first kappa shape index (κ1) is 22.2. The maximum absolute atomic E-state index is 9.99. The van der Waals surface area contributed by atoms with Gasteiger partial charge in [-0.25, -0.2) is 0 Å². The molecule has 0 amide bonds. The molecular formula is C27H25N7O. The van der Waals surface area contributed by atoms with E-state index in [9.17, 15) is 5.26 Å². The summed E-state index contributed by atoms with van der Waals surface area (Å²) in [6.45, 7) is 4.99. The Morgan fingerprint density at radius 2 is 2.03 bits per heavy atom. The molecule has 0 aliphatic heterocycles. The van der Waals surface area contributed by atoms with Gasteiger partial charge in [0, 0.05) is 28.7 Å². The minimum Gasteiger partial charge on any atom is -0.492 e. The number of hydrogen-bond acceptors (Lipinski definition) is 7. The smallest absolute Gasteiger partial charge is 0.144 e. The van der Waals surface area contributed by atoms with E-state index in [2.05, 4.69) is 21.5 Å². The van der Waals surface area contributed by atoms with Crippen LogP contribution in [0, 0.1) is 11.3 Å². The number of nitrogens with two attached hydrogens (primary N) is 1. The van der Waals surface area contributed by atoms with E-state index in [1.165, 1.54) is 0 Å². The Bertz CT molecular complexity index is 1570. The van der Waals surface area contributed by atoms with E-state index in [-0.39, 0.29) is 0 Å². The maximum atomic E-state index is 9.99. The highest BCUT2D eigenvalue weighted by Gasteiger charge is 2.17. The minimum absolute atomic E-state index is 0.503. The van der Waals surface area contributed by atoms with Gasteiger partial charge in [-0.15, -0.1) is 0 Å². The largest absolute Gasteiger partial charge is 0.492 e. The number of nitrogen functional groups attached to an aromatic ring is 1. The molecule has 3 aromatic heterocycles. The number of nitrogens with one attached hydrogen (secondary N) is 1. The highest BCUT2D eigenvalue weighted by atomic mass is 16.5. The van der Waals surface area contributed by atoms with Crippen LogP contribution >= 0.6 is 0 Å². The van der Waals surface area contributed by atoms with E-state index in [0.29, 0.717) is 42.3 Å². The van der Waals surface area contributed by atoms with Crippen molar-refractivity contribution in [3.8, 4) is 11.8 Å². The van der Waals surface area contributed by atoms with Gasteiger partial charge in [0.2, 0.25) is 0 Å². The average Bonchev–Trinajstić information content (AvgIpc) is 3.27. The molecule has 5 rings (SSSR count). The molecule has 0 saturated carbocycles. The van der Waals surface area contributed by atoms with Crippen molar-refractivity contribution in [2.24, 2.45) is 0 Å². The van der Waals surface area contributed by atoms with Gasteiger partial charge in [0.05, 0.1) is 58.7 Å². The molecule has 0 aliphatic carbocycles. The lowest BCUT2D eigenvalue weighted by atomic mass is 10.0. The SMILES string of the molecule is CCOc1cc2nc(CC)c(C#N)c(Nc3ccc4c(cnn4Cc4ccccn4)c3)c2cc1N. The molecule has 0 saturated heterocycles. The van der Waals surface area contributed by atoms with Crippen LogP contribution < -0.4 is 15.8 Å². The Kier molecular flexibility index (Phi) is 5.90. The van der Waals surface area contributed by atoms with Crippen molar-refractivity contribution in [2.45, 2.75) is 26.8 Å². The Morgan fingerprint density at radius 1 is 1.14 bits per heavy atom. The predicted molar refractivity (Wildman–Crippen MR) is 138 cm³/mol. The van der Waals surface area contributed by atoms with E-state index in [1.54, 1.807) is 6.20 Å². The summed E-state index contributed by atoms with van der Waals surface area (Å²) in [4.78, 5) is 9.12. The molecule has 0 unspecified atom stereocenters. The van der Waals surface area contributed by atoms with E-state index < -0.39 is 0 Å². The van der Waals surface area contributed by atoms with E-state index in [4.69, 9.17) is 15.5 Å². The van der Waals surface area contributed by atoms with Gasteiger partial charge < -0.3 is 15.8 Å². The van der Waals surface area contributed by atoms with Crippen LogP contribution in [-0.2, 0) is 13.0 Å². The van der Waals surface area contributed by atoms with E-state index in [0.717, 1.165) is 38.9 Å². The topological polar surface area (TPSA) is 115 Å². The Morgan fingerprint density at radius 3 is 2.77 bits per heavy atom. The molecule has 8 nitrogen and oxygen atoms in total. The van der Waals surface area contributed by atoms with Crippen molar-refractivity contribution in [2.75, 3.05) is 17.7 Å². The number of benzene rings is 2. The molecule has 8 heteroatoms. The third-order valence-electron chi connectivity index (χ3n) is 5.89. The summed E-state index contributed by atoms with van der Waals surface area (Å²) in [7, 11) is 0. The first-order valence-electron chi connectivity index (χ1n) is 11.5. The number of anilines is 3. The van der Waals surface area contributed by atoms with Gasteiger partial charge in [-0.2, -0.15) is 10.4 Å². The summed E-state index contributed by atoms with van der Waals surface area (Å²) in [5.74, 6) is 0.590. The first-order chi connectivity index (χ1) is 17.1. The molecule has 0 aliphatic rings. The fraction of sp³-hybridized carbons (Fsp3) is 0.185. The summed E-state index contributed by atoms with van der Waals surface area (Å²) in [6.07, 6.45) is 4.24. The molecule has 0 bridgehead atoms.